The van der Waals surface area contributed by atoms with Gasteiger partial charge in [0.15, 0.2) is 6.61 Å². The average molecular weight is 460 g/mol. The Balaban J connectivity index is 1.55. The molecular weight excluding hydrogens is 430 g/mol. The lowest BCUT2D eigenvalue weighted by Crippen LogP contribution is -2.22. The second-order valence-electron chi connectivity index (χ2n) is 7.82. The van der Waals surface area contributed by atoms with E-state index in [4.69, 9.17) is 4.74 Å². The number of ether oxygens (including phenoxy) is 1. The van der Waals surface area contributed by atoms with Crippen molar-refractivity contribution in [1.29, 1.82) is 0 Å². The van der Waals surface area contributed by atoms with Gasteiger partial charge in [-0.15, -0.1) is 0 Å². The van der Waals surface area contributed by atoms with Crippen LogP contribution in [0.15, 0.2) is 42.5 Å². The van der Waals surface area contributed by atoms with Crippen LogP contribution in [0.4, 0.5) is 17.1 Å². The number of esters is 1. The summed E-state index contributed by atoms with van der Waals surface area (Å²) >= 11 is 0. The third-order valence-corrected chi connectivity index (χ3v) is 6.63. The number of anilines is 3. The Morgan fingerprint density at radius 2 is 1.84 bits per heavy atom. The zero-order valence-corrected chi connectivity index (χ0v) is 19.2. The minimum Gasteiger partial charge on any atom is -0.452 e. The van der Waals surface area contributed by atoms with Crippen LogP contribution in [0.2, 0.25) is 0 Å². The highest BCUT2D eigenvalue weighted by atomic mass is 32.2. The molecule has 0 atom stereocenters. The first-order valence-electron chi connectivity index (χ1n) is 10.7. The number of carbonyl (C=O) groups excluding carboxylic acids is 2. The SMILES string of the molecule is CCCS(=O)(=O)Nc1cccc(C(=O)OCC(=O)Nc2ccc(N3CCCC3)cc2C)c1. The molecule has 9 heteroatoms. The number of amides is 1. The zero-order valence-electron chi connectivity index (χ0n) is 18.4. The number of hydrogen-bond donors (Lipinski definition) is 2. The molecule has 0 bridgehead atoms. The minimum atomic E-state index is -3.47. The number of hydrogen-bond acceptors (Lipinski definition) is 6. The molecule has 1 amide bonds. The summed E-state index contributed by atoms with van der Waals surface area (Å²) in [4.78, 5) is 26.9. The van der Waals surface area contributed by atoms with Crippen LogP contribution in [0.1, 0.15) is 42.1 Å². The second kappa shape index (κ2) is 10.5. The molecule has 0 unspecified atom stereocenters. The normalized spacial score (nSPS) is 13.6. The van der Waals surface area contributed by atoms with Crippen LogP contribution in [0.3, 0.4) is 0 Å². The highest BCUT2D eigenvalue weighted by molar-refractivity contribution is 7.92. The van der Waals surface area contributed by atoms with E-state index in [2.05, 4.69) is 14.9 Å². The maximum Gasteiger partial charge on any atom is 0.338 e. The molecule has 3 rings (SSSR count). The van der Waals surface area contributed by atoms with Crippen molar-refractivity contribution in [3.8, 4) is 0 Å². The molecule has 0 aromatic heterocycles. The van der Waals surface area contributed by atoms with Gasteiger partial charge in [-0.25, -0.2) is 13.2 Å². The Morgan fingerprint density at radius 1 is 1.09 bits per heavy atom. The molecule has 1 aliphatic heterocycles. The molecular formula is C23H29N3O5S. The van der Waals surface area contributed by atoms with Crippen molar-refractivity contribution in [2.45, 2.75) is 33.1 Å². The predicted molar refractivity (Wildman–Crippen MR) is 126 cm³/mol. The van der Waals surface area contributed by atoms with E-state index in [0.29, 0.717) is 12.1 Å². The first-order valence-corrected chi connectivity index (χ1v) is 12.4. The Kier molecular flexibility index (Phi) is 7.74. The lowest BCUT2D eigenvalue weighted by molar-refractivity contribution is -0.119. The van der Waals surface area contributed by atoms with Gasteiger partial charge in [0, 0.05) is 30.2 Å². The summed E-state index contributed by atoms with van der Waals surface area (Å²) in [6, 6.07) is 11.8. The van der Waals surface area contributed by atoms with E-state index in [-0.39, 0.29) is 17.0 Å². The number of sulfonamides is 1. The van der Waals surface area contributed by atoms with Crippen molar-refractivity contribution in [3.05, 3.63) is 53.6 Å². The number of carbonyl (C=O) groups is 2. The van der Waals surface area contributed by atoms with Gasteiger partial charge in [-0.1, -0.05) is 13.0 Å². The Hall–Kier alpha value is -3.07. The van der Waals surface area contributed by atoms with E-state index < -0.39 is 28.5 Å². The standard InChI is InChI=1S/C23H29N3O5S/c1-3-13-32(29,30)25-19-8-6-7-18(15-19)23(28)31-16-22(27)24-21-10-9-20(14-17(21)2)26-11-4-5-12-26/h6-10,14-15,25H,3-5,11-13,16H2,1-2H3,(H,24,27). The number of rotatable bonds is 9. The maximum atomic E-state index is 12.3. The molecule has 32 heavy (non-hydrogen) atoms. The lowest BCUT2D eigenvalue weighted by atomic mass is 10.1. The Morgan fingerprint density at radius 3 is 2.53 bits per heavy atom. The predicted octanol–water partition coefficient (Wildman–Crippen LogP) is 3.54. The van der Waals surface area contributed by atoms with Gasteiger partial charge in [0.05, 0.1) is 11.3 Å². The van der Waals surface area contributed by atoms with E-state index in [1.54, 1.807) is 19.1 Å². The van der Waals surface area contributed by atoms with E-state index in [1.165, 1.54) is 25.0 Å². The average Bonchev–Trinajstić information content (AvgIpc) is 3.28. The van der Waals surface area contributed by atoms with Crippen molar-refractivity contribution in [2.75, 3.05) is 40.4 Å². The topological polar surface area (TPSA) is 105 Å². The van der Waals surface area contributed by atoms with Crippen LogP contribution >= 0.6 is 0 Å². The highest BCUT2D eigenvalue weighted by Gasteiger charge is 2.16. The first-order chi connectivity index (χ1) is 15.3. The van der Waals surface area contributed by atoms with Crippen LogP contribution in [0, 0.1) is 6.92 Å². The first kappa shape index (κ1) is 23.6. The monoisotopic (exact) mass is 459 g/mol. The summed E-state index contributed by atoms with van der Waals surface area (Å²) in [5.41, 5.74) is 3.16. The van der Waals surface area contributed by atoms with Crippen molar-refractivity contribution in [3.63, 3.8) is 0 Å². The van der Waals surface area contributed by atoms with Gasteiger partial charge in [0.2, 0.25) is 10.0 Å². The molecule has 172 valence electrons. The van der Waals surface area contributed by atoms with Gasteiger partial charge in [0.25, 0.3) is 5.91 Å². The Bertz CT molecular complexity index is 1080. The molecule has 2 aromatic rings. The third-order valence-electron chi connectivity index (χ3n) is 5.13. The van der Waals surface area contributed by atoms with Gasteiger partial charge in [-0.05, 0) is 68.1 Å². The molecule has 0 saturated carbocycles. The summed E-state index contributed by atoms with van der Waals surface area (Å²) in [6.45, 7) is 5.33. The molecule has 8 nitrogen and oxygen atoms in total. The van der Waals surface area contributed by atoms with Gasteiger partial charge in [-0.3, -0.25) is 9.52 Å². The molecule has 1 aliphatic rings. The maximum absolute atomic E-state index is 12.3. The number of benzene rings is 2. The van der Waals surface area contributed by atoms with Crippen molar-refractivity contribution < 1.29 is 22.7 Å². The summed E-state index contributed by atoms with van der Waals surface area (Å²) in [6.07, 6.45) is 2.86. The number of aryl methyl sites for hydroxylation is 1. The van der Waals surface area contributed by atoms with E-state index >= 15 is 0 Å². The summed E-state index contributed by atoms with van der Waals surface area (Å²) in [5, 5.41) is 2.76. The van der Waals surface area contributed by atoms with E-state index in [1.807, 2.05) is 25.1 Å². The summed E-state index contributed by atoms with van der Waals surface area (Å²) in [7, 11) is -3.47. The Labute approximate surface area is 189 Å². The smallest absolute Gasteiger partial charge is 0.338 e. The van der Waals surface area contributed by atoms with E-state index in [9.17, 15) is 18.0 Å². The van der Waals surface area contributed by atoms with Crippen LogP contribution in [-0.2, 0) is 19.6 Å². The van der Waals surface area contributed by atoms with Crippen molar-refractivity contribution in [2.24, 2.45) is 0 Å². The van der Waals surface area contributed by atoms with Crippen molar-refractivity contribution >= 4 is 39.0 Å². The van der Waals surface area contributed by atoms with Gasteiger partial charge in [-0.2, -0.15) is 0 Å². The fraction of sp³-hybridized carbons (Fsp3) is 0.391. The fourth-order valence-corrected chi connectivity index (χ4v) is 4.70. The fourth-order valence-electron chi connectivity index (χ4n) is 3.57. The molecule has 2 N–H and O–H groups in total. The van der Waals surface area contributed by atoms with E-state index in [0.717, 1.165) is 24.3 Å². The van der Waals surface area contributed by atoms with Crippen LogP contribution in [0.25, 0.3) is 0 Å². The molecule has 1 saturated heterocycles. The molecule has 1 fully saturated rings. The van der Waals surface area contributed by atoms with Crippen LogP contribution < -0.4 is 14.9 Å². The quantitative estimate of drug-likeness (QED) is 0.556. The van der Waals surface area contributed by atoms with Gasteiger partial charge < -0.3 is 15.0 Å². The number of nitrogens with zero attached hydrogens (tertiary/aromatic N) is 1. The molecule has 1 heterocycles. The van der Waals surface area contributed by atoms with Crippen molar-refractivity contribution in [1.82, 2.24) is 0 Å². The third kappa shape index (κ3) is 6.46. The molecule has 2 aromatic carbocycles. The molecule has 0 radical (unpaired) electrons. The minimum absolute atomic E-state index is 0.0136. The largest absolute Gasteiger partial charge is 0.452 e. The molecule has 0 aliphatic carbocycles. The molecule has 0 spiro atoms. The number of nitrogens with one attached hydrogen (secondary N) is 2. The van der Waals surface area contributed by atoms with Crippen LogP contribution in [-0.4, -0.2) is 45.7 Å². The van der Waals surface area contributed by atoms with Crippen LogP contribution in [0.5, 0.6) is 0 Å². The summed E-state index contributed by atoms with van der Waals surface area (Å²) in [5.74, 6) is -1.17. The second-order valence-corrected chi connectivity index (χ2v) is 9.66. The van der Waals surface area contributed by atoms with Gasteiger partial charge in [0.1, 0.15) is 0 Å². The highest BCUT2D eigenvalue weighted by Crippen LogP contribution is 2.25. The van der Waals surface area contributed by atoms with Gasteiger partial charge >= 0.3 is 5.97 Å². The summed E-state index contributed by atoms with van der Waals surface area (Å²) < 4.78 is 31.3. The zero-order chi connectivity index (χ0) is 23.1. The lowest BCUT2D eigenvalue weighted by Gasteiger charge is -2.19.